The van der Waals surface area contributed by atoms with Crippen molar-refractivity contribution in [1.82, 2.24) is 0 Å². The number of rotatable bonds is 8. The maximum absolute atomic E-state index is 11.9. The Kier molecular flexibility index (Phi) is 7.97. The molecule has 0 saturated heterocycles. The molecule has 0 atom stereocenters. The maximum Gasteiger partial charge on any atom is 0.360 e. The summed E-state index contributed by atoms with van der Waals surface area (Å²) in [4.78, 5) is 26.6. The van der Waals surface area contributed by atoms with Gasteiger partial charge in [-0.25, -0.2) is 4.79 Å². The second-order valence-electron chi connectivity index (χ2n) is 4.58. The summed E-state index contributed by atoms with van der Waals surface area (Å²) in [6.45, 7) is 3.63. The normalized spacial score (nSPS) is 12.6. The van der Waals surface area contributed by atoms with Crippen molar-refractivity contribution < 1.29 is 24.0 Å². The number of nitrogens with zero attached hydrogens (tertiary/aromatic N) is 3. The van der Waals surface area contributed by atoms with Crippen LogP contribution in [-0.4, -0.2) is 44.4 Å². The molecule has 0 radical (unpaired) electrons. The van der Waals surface area contributed by atoms with Crippen LogP contribution < -0.4 is 0 Å². The summed E-state index contributed by atoms with van der Waals surface area (Å²) in [6.07, 6.45) is 0. The smallest absolute Gasteiger partial charge is 0.360 e. The van der Waals surface area contributed by atoms with E-state index in [1.54, 1.807) is 32.0 Å². The van der Waals surface area contributed by atoms with Gasteiger partial charge in [0.2, 0.25) is 0 Å². The van der Waals surface area contributed by atoms with Crippen LogP contribution in [0, 0.1) is 0 Å². The van der Waals surface area contributed by atoms with Gasteiger partial charge in [0.15, 0.2) is 5.71 Å². The van der Waals surface area contributed by atoms with E-state index in [1.807, 2.05) is 6.07 Å². The van der Waals surface area contributed by atoms with Gasteiger partial charge in [0.1, 0.15) is 32.2 Å². The highest BCUT2D eigenvalue weighted by atomic mass is 16.6. The van der Waals surface area contributed by atoms with Crippen molar-refractivity contribution in [2.24, 2.45) is 15.5 Å². The molecule has 0 aliphatic heterocycles. The second-order valence-corrected chi connectivity index (χ2v) is 4.58. The molecule has 0 aliphatic carbocycles. The quantitative estimate of drug-likeness (QED) is 0.412. The third-order valence-corrected chi connectivity index (χ3v) is 3.01. The number of carbonyl (C=O) groups is 1. The van der Waals surface area contributed by atoms with Crippen LogP contribution in [0.1, 0.15) is 25.0 Å². The molecule has 0 fully saturated rings. The van der Waals surface area contributed by atoms with E-state index in [-0.39, 0.29) is 12.3 Å². The SMILES string of the molecule is CO/N=C(C)/C(C)=N/OCc1ccccc1/C(=N\OC)C(=O)OC. The van der Waals surface area contributed by atoms with Crippen LogP contribution in [0.15, 0.2) is 39.7 Å². The molecule has 130 valence electrons. The number of methoxy groups -OCH3 is 1. The molecule has 0 unspecified atom stereocenters. The summed E-state index contributed by atoms with van der Waals surface area (Å²) in [5.41, 5.74) is 2.48. The zero-order valence-corrected chi connectivity index (χ0v) is 14.4. The number of carbonyl (C=O) groups excluding carboxylic acids is 1. The molecule has 0 N–H and O–H groups in total. The van der Waals surface area contributed by atoms with Gasteiger partial charge in [-0.3, -0.25) is 0 Å². The van der Waals surface area contributed by atoms with Crippen LogP contribution >= 0.6 is 0 Å². The summed E-state index contributed by atoms with van der Waals surface area (Å²) in [5, 5.41) is 11.5. The number of oxime groups is 3. The highest BCUT2D eigenvalue weighted by Gasteiger charge is 2.19. The standard InChI is InChI=1S/C16H21N3O5/c1-11(17-22-4)12(2)18-24-10-13-8-6-7-9-14(13)15(19-23-5)16(20)21-3/h6-9H,10H2,1-5H3/b17-11+,18-12+,19-15+. The Hall–Kier alpha value is -2.90. The van der Waals surface area contributed by atoms with E-state index in [2.05, 4.69) is 20.3 Å². The van der Waals surface area contributed by atoms with Gasteiger partial charge < -0.3 is 19.2 Å². The molecule has 0 heterocycles. The summed E-state index contributed by atoms with van der Waals surface area (Å²) < 4.78 is 4.73. The summed E-state index contributed by atoms with van der Waals surface area (Å²) in [6, 6.07) is 7.11. The molecular formula is C16H21N3O5. The first-order valence-electron chi connectivity index (χ1n) is 7.07. The van der Waals surface area contributed by atoms with Crippen LogP contribution in [-0.2, 0) is 30.7 Å². The van der Waals surface area contributed by atoms with E-state index in [0.717, 1.165) is 0 Å². The van der Waals surface area contributed by atoms with Crippen molar-refractivity contribution in [2.45, 2.75) is 20.5 Å². The van der Waals surface area contributed by atoms with E-state index >= 15 is 0 Å². The zero-order valence-electron chi connectivity index (χ0n) is 14.4. The topological polar surface area (TPSA) is 91.1 Å². The number of ether oxygens (including phenoxy) is 1. The van der Waals surface area contributed by atoms with E-state index in [1.165, 1.54) is 21.3 Å². The molecule has 24 heavy (non-hydrogen) atoms. The second kappa shape index (κ2) is 9.98. The largest absolute Gasteiger partial charge is 0.464 e. The summed E-state index contributed by atoms with van der Waals surface area (Å²) in [5.74, 6) is -0.605. The van der Waals surface area contributed by atoms with Gasteiger partial charge in [-0.1, -0.05) is 39.7 Å². The number of hydrogen-bond donors (Lipinski definition) is 0. The lowest BCUT2D eigenvalue weighted by atomic mass is 10.0. The minimum absolute atomic E-state index is 0.0528. The molecule has 8 nitrogen and oxygen atoms in total. The minimum atomic E-state index is -0.605. The van der Waals surface area contributed by atoms with Gasteiger partial charge in [-0.15, -0.1) is 0 Å². The van der Waals surface area contributed by atoms with Crippen molar-refractivity contribution >= 4 is 23.1 Å². The molecular weight excluding hydrogens is 314 g/mol. The van der Waals surface area contributed by atoms with Gasteiger partial charge in [0.25, 0.3) is 0 Å². The molecule has 0 amide bonds. The van der Waals surface area contributed by atoms with Crippen molar-refractivity contribution in [1.29, 1.82) is 0 Å². The van der Waals surface area contributed by atoms with Crippen LogP contribution in [0.3, 0.4) is 0 Å². The monoisotopic (exact) mass is 335 g/mol. The van der Waals surface area contributed by atoms with Crippen molar-refractivity contribution in [3.05, 3.63) is 35.4 Å². The lowest BCUT2D eigenvalue weighted by molar-refractivity contribution is -0.132. The minimum Gasteiger partial charge on any atom is -0.464 e. The fraction of sp³-hybridized carbons (Fsp3) is 0.375. The fourth-order valence-electron chi connectivity index (χ4n) is 1.73. The number of benzene rings is 1. The number of esters is 1. The van der Waals surface area contributed by atoms with Crippen LogP contribution in [0.4, 0.5) is 0 Å². The molecule has 1 rings (SSSR count). The molecule has 1 aromatic rings. The predicted molar refractivity (Wildman–Crippen MR) is 90.0 cm³/mol. The highest BCUT2D eigenvalue weighted by Crippen LogP contribution is 2.13. The molecule has 0 bridgehead atoms. The van der Waals surface area contributed by atoms with Gasteiger partial charge in [-0.2, -0.15) is 0 Å². The lowest BCUT2D eigenvalue weighted by Crippen LogP contribution is -2.19. The molecule has 0 saturated carbocycles. The Morgan fingerprint density at radius 1 is 0.958 bits per heavy atom. The Morgan fingerprint density at radius 3 is 2.21 bits per heavy atom. The maximum atomic E-state index is 11.9. The fourth-order valence-corrected chi connectivity index (χ4v) is 1.73. The van der Waals surface area contributed by atoms with Crippen LogP contribution in [0.5, 0.6) is 0 Å². The molecule has 1 aromatic carbocycles. The van der Waals surface area contributed by atoms with E-state index < -0.39 is 5.97 Å². The van der Waals surface area contributed by atoms with Crippen molar-refractivity contribution in [3.8, 4) is 0 Å². The Labute approximate surface area is 140 Å². The van der Waals surface area contributed by atoms with E-state index in [0.29, 0.717) is 22.6 Å². The van der Waals surface area contributed by atoms with Crippen molar-refractivity contribution in [3.63, 3.8) is 0 Å². The van der Waals surface area contributed by atoms with Gasteiger partial charge in [0, 0.05) is 11.1 Å². The molecule has 8 heteroatoms. The lowest BCUT2D eigenvalue weighted by Gasteiger charge is -2.09. The summed E-state index contributed by atoms with van der Waals surface area (Å²) >= 11 is 0. The van der Waals surface area contributed by atoms with E-state index in [9.17, 15) is 4.79 Å². The first kappa shape index (κ1) is 19.1. The van der Waals surface area contributed by atoms with Gasteiger partial charge in [0.05, 0.1) is 7.11 Å². The Bertz CT molecular complexity index is 653. The zero-order chi connectivity index (χ0) is 17.9. The first-order valence-corrected chi connectivity index (χ1v) is 7.07. The first-order chi connectivity index (χ1) is 11.5. The molecule has 0 spiro atoms. The predicted octanol–water partition coefficient (Wildman–Crippen LogP) is 2.12. The Morgan fingerprint density at radius 2 is 1.58 bits per heavy atom. The van der Waals surface area contributed by atoms with Crippen LogP contribution in [0.2, 0.25) is 0 Å². The van der Waals surface area contributed by atoms with Crippen LogP contribution in [0.25, 0.3) is 0 Å². The molecule has 0 aliphatic rings. The molecule has 0 aromatic heterocycles. The van der Waals surface area contributed by atoms with Gasteiger partial charge in [-0.05, 0) is 13.8 Å². The average molecular weight is 335 g/mol. The average Bonchev–Trinajstić information content (AvgIpc) is 2.59. The number of hydrogen-bond acceptors (Lipinski definition) is 8. The third-order valence-electron chi connectivity index (χ3n) is 3.01. The van der Waals surface area contributed by atoms with E-state index in [4.69, 9.17) is 14.4 Å². The van der Waals surface area contributed by atoms with Crippen molar-refractivity contribution in [2.75, 3.05) is 21.3 Å². The highest BCUT2D eigenvalue weighted by molar-refractivity contribution is 6.43. The third kappa shape index (κ3) is 5.38. The summed E-state index contributed by atoms with van der Waals surface area (Å²) in [7, 11) is 4.09. The Balaban J connectivity index is 2.99. The van der Waals surface area contributed by atoms with Gasteiger partial charge >= 0.3 is 5.97 Å².